The molecule has 9 heteroatoms. The van der Waals surface area contributed by atoms with Gasteiger partial charge >= 0.3 is 6.18 Å². The van der Waals surface area contributed by atoms with Crippen LogP contribution in [0.4, 0.5) is 13.2 Å². The van der Waals surface area contributed by atoms with E-state index in [1.807, 2.05) is 0 Å². The molecule has 0 bridgehead atoms. The van der Waals surface area contributed by atoms with Crippen LogP contribution in [0.5, 0.6) is 0 Å². The number of rotatable bonds is 3. The summed E-state index contributed by atoms with van der Waals surface area (Å²) in [7, 11) is -3.92. The lowest BCUT2D eigenvalue weighted by Crippen LogP contribution is -2.46. The zero-order valence-electron chi connectivity index (χ0n) is 11.9. The van der Waals surface area contributed by atoms with Gasteiger partial charge in [0.1, 0.15) is 10.6 Å². The third kappa shape index (κ3) is 3.41. The van der Waals surface area contributed by atoms with Crippen LogP contribution in [0.25, 0.3) is 0 Å². The second-order valence-corrected chi connectivity index (χ2v) is 7.32. The Morgan fingerprint density at radius 2 is 2.05 bits per heavy atom. The minimum Gasteiger partial charge on any atom is -0.396 e. The van der Waals surface area contributed by atoms with Crippen LogP contribution in [0.3, 0.4) is 0 Å². The van der Waals surface area contributed by atoms with Gasteiger partial charge < -0.3 is 5.11 Å². The van der Waals surface area contributed by atoms with Crippen molar-refractivity contribution in [2.24, 2.45) is 5.92 Å². The van der Waals surface area contributed by atoms with Crippen LogP contribution in [0, 0.1) is 5.92 Å². The van der Waals surface area contributed by atoms with Gasteiger partial charge in [0.2, 0.25) is 10.0 Å². The van der Waals surface area contributed by atoms with E-state index >= 15 is 0 Å². The largest absolute Gasteiger partial charge is 0.433 e. The summed E-state index contributed by atoms with van der Waals surface area (Å²) in [5, 5.41) is 9.20. The average molecular weight is 338 g/mol. The number of aromatic nitrogens is 1. The monoisotopic (exact) mass is 338 g/mol. The minimum absolute atomic E-state index is 0.121. The fraction of sp³-hybridized carbons (Fsp3) is 0.615. The van der Waals surface area contributed by atoms with E-state index in [4.69, 9.17) is 0 Å². The number of aliphatic hydroxyl groups excluding tert-OH is 1. The Hall–Kier alpha value is -1.19. The molecule has 0 radical (unpaired) electrons. The lowest BCUT2D eigenvalue weighted by Gasteiger charge is -2.36. The molecule has 1 aromatic heterocycles. The van der Waals surface area contributed by atoms with E-state index in [0.29, 0.717) is 12.5 Å². The molecule has 0 amide bonds. The molecule has 1 fully saturated rings. The van der Waals surface area contributed by atoms with Gasteiger partial charge in [-0.3, -0.25) is 4.98 Å². The van der Waals surface area contributed by atoms with Gasteiger partial charge in [0.05, 0.1) is 0 Å². The Bertz CT molecular complexity index is 616. The first-order valence-electron chi connectivity index (χ1n) is 6.82. The summed E-state index contributed by atoms with van der Waals surface area (Å²) in [5.41, 5.74) is -1.13. The van der Waals surface area contributed by atoms with Crippen molar-refractivity contribution in [2.45, 2.75) is 36.9 Å². The van der Waals surface area contributed by atoms with Gasteiger partial charge in [0.15, 0.2) is 0 Å². The fourth-order valence-corrected chi connectivity index (χ4v) is 4.15. The SMILES string of the molecule is CC1CCC(CO)CN1S(=O)(=O)c1ccc(C(F)(F)F)nc1. The predicted octanol–water partition coefficient (Wildman–Crippen LogP) is 1.88. The van der Waals surface area contributed by atoms with Gasteiger partial charge in [-0.15, -0.1) is 0 Å². The first kappa shape index (κ1) is 17.2. The van der Waals surface area contributed by atoms with E-state index < -0.39 is 21.9 Å². The maximum atomic E-state index is 12.5. The highest BCUT2D eigenvalue weighted by atomic mass is 32.2. The molecule has 1 aromatic rings. The molecular weight excluding hydrogens is 321 g/mol. The number of hydrogen-bond donors (Lipinski definition) is 1. The minimum atomic E-state index is -4.61. The molecule has 5 nitrogen and oxygen atoms in total. The van der Waals surface area contributed by atoms with Crippen LogP contribution in [-0.4, -0.2) is 42.0 Å². The molecule has 0 aliphatic carbocycles. The van der Waals surface area contributed by atoms with E-state index in [1.165, 1.54) is 4.31 Å². The Morgan fingerprint density at radius 3 is 2.55 bits per heavy atom. The molecule has 2 rings (SSSR count). The van der Waals surface area contributed by atoms with E-state index in [9.17, 15) is 26.7 Å². The number of alkyl halides is 3. The number of aliphatic hydroxyl groups is 1. The van der Waals surface area contributed by atoms with Crippen molar-refractivity contribution >= 4 is 10.0 Å². The Morgan fingerprint density at radius 1 is 1.36 bits per heavy atom. The van der Waals surface area contributed by atoms with Crippen molar-refractivity contribution < 1.29 is 26.7 Å². The Labute approximate surface area is 126 Å². The molecule has 2 atom stereocenters. The third-order valence-corrected chi connectivity index (χ3v) is 5.78. The van der Waals surface area contributed by atoms with E-state index in [1.54, 1.807) is 6.92 Å². The van der Waals surface area contributed by atoms with Gasteiger partial charge in [-0.25, -0.2) is 8.42 Å². The molecule has 124 valence electrons. The Kier molecular flexibility index (Phi) is 4.78. The predicted molar refractivity (Wildman–Crippen MR) is 72.4 cm³/mol. The van der Waals surface area contributed by atoms with Crippen molar-refractivity contribution in [3.63, 3.8) is 0 Å². The highest BCUT2D eigenvalue weighted by Gasteiger charge is 2.36. The molecule has 1 N–H and O–H groups in total. The van der Waals surface area contributed by atoms with Gasteiger partial charge in [-0.1, -0.05) is 0 Å². The lowest BCUT2D eigenvalue weighted by molar-refractivity contribution is -0.141. The molecule has 1 saturated heterocycles. The lowest BCUT2D eigenvalue weighted by atomic mass is 9.96. The summed E-state index contributed by atoms with van der Waals surface area (Å²) < 4.78 is 63.7. The molecule has 1 aliphatic heterocycles. The van der Waals surface area contributed by atoms with Gasteiger partial charge in [-0.05, 0) is 37.8 Å². The average Bonchev–Trinajstić information content (AvgIpc) is 2.47. The normalized spacial score (nSPS) is 24.4. The number of hydrogen-bond acceptors (Lipinski definition) is 4. The van der Waals surface area contributed by atoms with Crippen LogP contribution in [-0.2, 0) is 16.2 Å². The van der Waals surface area contributed by atoms with E-state index in [0.717, 1.165) is 18.7 Å². The molecule has 2 unspecified atom stereocenters. The van der Waals surface area contributed by atoms with Crippen LogP contribution in [0.15, 0.2) is 23.2 Å². The van der Waals surface area contributed by atoms with Crippen LogP contribution < -0.4 is 0 Å². The van der Waals surface area contributed by atoms with Gasteiger partial charge in [0.25, 0.3) is 0 Å². The second kappa shape index (κ2) is 6.13. The number of halogens is 3. The van der Waals surface area contributed by atoms with Gasteiger partial charge in [-0.2, -0.15) is 17.5 Å². The topological polar surface area (TPSA) is 70.5 Å². The molecule has 22 heavy (non-hydrogen) atoms. The van der Waals surface area contributed by atoms with Crippen LogP contribution in [0.2, 0.25) is 0 Å². The van der Waals surface area contributed by atoms with Gasteiger partial charge in [0, 0.05) is 25.4 Å². The second-order valence-electron chi connectivity index (χ2n) is 5.43. The molecule has 0 saturated carbocycles. The zero-order chi connectivity index (χ0) is 16.5. The zero-order valence-corrected chi connectivity index (χ0v) is 12.7. The summed E-state index contributed by atoms with van der Waals surface area (Å²) in [4.78, 5) is 2.92. The summed E-state index contributed by atoms with van der Waals surface area (Å²) in [5.74, 6) is -0.159. The first-order valence-corrected chi connectivity index (χ1v) is 8.26. The fourth-order valence-electron chi connectivity index (χ4n) is 2.47. The smallest absolute Gasteiger partial charge is 0.396 e. The third-order valence-electron chi connectivity index (χ3n) is 3.81. The molecule has 1 aliphatic rings. The summed E-state index contributed by atoms with van der Waals surface area (Å²) in [6.07, 6.45) is -2.57. The van der Waals surface area contributed by atoms with Crippen molar-refractivity contribution in [1.82, 2.24) is 9.29 Å². The quantitative estimate of drug-likeness (QED) is 0.914. The Balaban J connectivity index is 2.29. The van der Waals surface area contributed by atoms with Crippen molar-refractivity contribution in [1.29, 1.82) is 0 Å². The van der Waals surface area contributed by atoms with E-state index in [2.05, 4.69) is 4.98 Å². The van der Waals surface area contributed by atoms with Crippen molar-refractivity contribution in [3.8, 4) is 0 Å². The number of nitrogens with zero attached hydrogens (tertiary/aromatic N) is 2. The summed E-state index contributed by atoms with van der Waals surface area (Å²) >= 11 is 0. The van der Waals surface area contributed by atoms with Crippen molar-refractivity contribution in [3.05, 3.63) is 24.0 Å². The molecular formula is C13H17F3N2O3S. The van der Waals surface area contributed by atoms with E-state index in [-0.39, 0.29) is 30.0 Å². The maximum Gasteiger partial charge on any atom is 0.433 e. The van der Waals surface area contributed by atoms with Crippen molar-refractivity contribution in [2.75, 3.05) is 13.2 Å². The number of piperidine rings is 1. The number of pyridine rings is 1. The molecule has 0 spiro atoms. The highest BCUT2D eigenvalue weighted by Crippen LogP contribution is 2.30. The molecule has 0 aromatic carbocycles. The van der Waals surface area contributed by atoms with Crippen LogP contribution >= 0.6 is 0 Å². The summed E-state index contributed by atoms with van der Waals surface area (Å²) in [6.45, 7) is 1.77. The highest BCUT2D eigenvalue weighted by molar-refractivity contribution is 7.89. The van der Waals surface area contributed by atoms with Crippen LogP contribution in [0.1, 0.15) is 25.5 Å². The number of sulfonamides is 1. The summed E-state index contributed by atoms with van der Waals surface area (Å²) in [6, 6.07) is 1.31. The maximum absolute atomic E-state index is 12.5. The molecule has 2 heterocycles. The first-order chi connectivity index (χ1) is 10.2. The standard InChI is InChI=1S/C13H17F3N2O3S/c1-9-2-3-10(8-19)7-18(9)22(20,21)11-4-5-12(17-6-11)13(14,15)16/h4-6,9-10,19H,2-3,7-8H2,1H3.